The Labute approximate surface area is 202 Å². The quantitative estimate of drug-likeness (QED) is 0.487. The summed E-state index contributed by atoms with van der Waals surface area (Å²) in [7, 11) is -4.18. The fourth-order valence-electron chi connectivity index (χ4n) is 4.34. The molecule has 1 aliphatic carbocycles. The molecule has 0 saturated heterocycles. The minimum absolute atomic E-state index is 0.0131. The van der Waals surface area contributed by atoms with Crippen LogP contribution >= 0.6 is 11.3 Å². The number of rotatable bonds is 7. The highest BCUT2D eigenvalue weighted by Gasteiger charge is 2.31. The van der Waals surface area contributed by atoms with Crippen LogP contribution in [0.1, 0.15) is 55.4 Å². The van der Waals surface area contributed by atoms with Gasteiger partial charge in [0.05, 0.1) is 6.04 Å². The first-order valence-electron chi connectivity index (χ1n) is 11.4. The zero-order valence-electron chi connectivity index (χ0n) is 19.0. The molecule has 1 amide bonds. The predicted octanol–water partition coefficient (Wildman–Crippen LogP) is 5.06. The van der Waals surface area contributed by atoms with Crippen LogP contribution in [0.4, 0.5) is 9.18 Å². The zero-order chi connectivity index (χ0) is 24.0. The molecule has 7 nitrogen and oxygen atoms in total. The molecule has 3 heterocycles. The second-order valence-electron chi connectivity index (χ2n) is 9.26. The third-order valence-corrected chi connectivity index (χ3v) is 9.02. The van der Waals surface area contributed by atoms with E-state index in [-0.39, 0.29) is 16.4 Å². The van der Waals surface area contributed by atoms with Gasteiger partial charge in [0.15, 0.2) is 0 Å². The first kappa shape index (κ1) is 23.0. The second kappa shape index (κ2) is 8.81. The van der Waals surface area contributed by atoms with Crippen LogP contribution in [0.3, 0.4) is 0 Å². The fraction of sp³-hybridized carbons (Fsp3) is 0.417. The normalized spacial score (nSPS) is 17.7. The van der Waals surface area contributed by atoms with E-state index in [4.69, 9.17) is 4.74 Å². The second-order valence-corrected chi connectivity index (χ2v) is 12.3. The molecule has 0 spiro atoms. The number of thiophene rings is 1. The Morgan fingerprint density at radius 3 is 2.79 bits per heavy atom. The van der Waals surface area contributed by atoms with Crippen LogP contribution in [0.2, 0.25) is 0 Å². The lowest BCUT2D eigenvalue weighted by molar-refractivity contribution is 0.145. The average molecular weight is 504 g/mol. The van der Waals surface area contributed by atoms with Gasteiger partial charge in [-0.1, -0.05) is 26.0 Å². The van der Waals surface area contributed by atoms with Crippen molar-refractivity contribution in [1.29, 1.82) is 0 Å². The van der Waals surface area contributed by atoms with Crippen molar-refractivity contribution in [2.24, 2.45) is 5.92 Å². The number of fused-ring (bicyclic) bond motifs is 1. The summed E-state index contributed by atoms with van der Waals surface area (Å²) in [6.45, 7) is 4.08. The first-order valence-corrected chi connectivity index (χ1v) is 13.7. The Kier molecular flexibility index (Phi) is 5.97. The van der Waals surface area contributed by atoms with Gasteiger partial charge in [0.2, 0.25) is 0 Å². The van der Waals surface area contributed by atoms with Crippen molar-refractivity contribution in [3.63, 3.8) is 0 Å². The van der Waals surface area contributed by atoms with Crippen LogP contribution in [0, 0.1) is 11.7 Å². The van der Waals surface area contributed by atoms with Gasteiger partial charge in [-0.25, -0.2) is 27.3 Å². The summed E-state index contributed by atoms with van der Waals surface area (Å²) in [5, 5.41) is 0. The third-order valence-electron chi connectivity index (χ3n) is 6.01. The van der Waals surface area contributed by atoms with E-state index in [0.29, 0.717) is 29.0 Å². The Morgan fingerprint density at radius 2 is 2.09 bits per heavy atom. The van der Waals surface area contributed by atoms with E-state index in [9.17, 15) is 13.2 Å². The van der Waals surface area contributed by atoms with Gasteiger partial charge in [0, 0.05) is 34.8 Å². The van der Waals surface area contributed by atoms with E-state index in [1.54, 1.807) is 24.4 Å². The lowest BCUT2D eigenvalue weighted by Crippen LogP contribution is -2.31. The van der Waals surface area contributed by atoms with E-state index >= 15 is 4.39 Å². The summed E-state index contributed by atoms with van der Waals surface area (Å²) < 4.78 is 50.6. The SMILES string of the molecule is CC(C)Cc1cc(-c2ccc([C@@H]3CCc4nccn43)c(F)c2)c(S(=O)(=O)NC(=O)OC2CC2)s1. The van der Waals surface area contributed by atoms with Crippen molar-refractivity contribution >= 4 is 27.5 Å². The van der Waals surface area contributed by atoms with Crippen molar-refractivity contribution < 1.29 is 22.3 Å². The number of benzene rings is 1. The number of nitrogens with one attached hydrogen (secondary N) is 1. The number of nitrogens with zero attached hydrogens (tertiary/aromatic N) is 2. The van der Waals surface area contributed by atoms with E-state index in [2.05, 4.69) is 4.98 Å². The van der Waals surface area contributed by atoms with E-state index in [0.717, 1.165) is 47.7 Å². The van der Waals surface area contributed by atoms with Crippen LogP contribution in [-0.4, -0.2) is 30.2 Å². The fourth-order valence-corrected chi connectivity index (χ4v) is 7.17. The predicted molar refractivity (Wildman–Crippen MR) is 127 cm³/mol. The van der Waals surface area contributed by atoms with Crippen LogP contribution in [0.25, 0.3) is 11.1 Å². The van der Waals surface area contributed by atoms with Crippen LogP contribution < -0.4 is 4.72 Å². The van der Waals surface area contributed by atoms with Gasteiger partial charge < -0.3 is 9.30 Å². The van der Waals surface area contributed by atoms with Crippen molar-refractivity contribution in [2.75, 3.05) is 0 Å². The van der Waals surface area contributed by atoms with Crippen molar-refractivity contribution in [1.82, 2.24) is 14.3 Å². The monoisotopic (exact) mass is 503 g/mol. The van der Waals surface area contributed by atoms with Crippen molar-refractivity contribution in [3.8, 4) is 11.1 Å². The number of hydrogen-bond donors (Lipinski definition) is 1. The number of aryl methyl sites for hydroxylation is 1. The maximum absolute atomic E-state index is 15.3. The number of hydrogen-bond acceptors (Lipinski definition) is 6. The molecule has 1 saturated carbocycles. The molecule has 3 aromatic rings. The largest absolute Gasteiger partial charge is 0.446 e. The molecule has 0 unspecified atom stereocenters. The van der Waals surface area contributed by atoms with E-state index in [1.165, 1.54) is 6.07 Å². The summed E-state index contributed by atoms with van der Waals surface area (Å²) in [6.07, 6.45) is 6.07. The van der Waals surface area contributed by atoms with Gasteiger partial charge in [0.1, 0.15) is 22.0 Å². The Balaban J connectivity index is 1.49. The topological polar surface area (TPSA) is 90.3 Å². The lowest BCUT2D eigenvalue weighted by atomic mass is 9.99. The lowest BCUT2D eigenvalue weighted by Gasteiger charge is -2.15. The number of sulfonamides is 1. The average Bonchev–Trinajstić information content (AvgIpc) is 3.13. The third kappa shape index (κ3) is 4.61. The molecule has 1 fully saturated rings. The van der Waals surface area contributed by atoms with Gasteiger partial charge in [-0.05, 0) is 49.3 Å². The highest BCUT2D eigenvalue weighted by molar-refractivity contribution is 7.92. The minimum Gasteiger partial charge on any atom is -0.446 e. The van der Waals surface area contributed by atoms with Gasteiger partial charge in [-0.15, -0.1) is 11.3 Å². The molecule has 1 N–H and O–H groups in total. The van der Waals surface area contributed by atoms with E-state index < -0.39 is 21.9 Å². The Morgan fingerprint density at radius 1 is 1.29 bits per heavy atom. The molecule has 10 heteroatoms. The number of imidazole rings is 1. The van der Waals surface area contributed by atoms with Gasteiger partial charge in [-0.2, -0.15) is 0 Å². The summed E-state index contributed by atoms with van der Waals surface area (Å²) in [5.74, 6) is 0.841. The molecule has 180 valence electrons. The van der Waals surface area contributed by atoms with Crippen molar-refractivity contribution in [2.45, 2.75) is 62.3 Å². The van der Waals surface area contributed by atoms with Gasteiger partial charge >= 0.3 is 6.09 Å². The molecule has 1 atom stereocenters. The molecule has 1 aromatic carbocycles. The Hall–Kier alpha value is -2.72. The molecule has 0 bridgehead atoms. The number of aromatic nitrogens is 2. The Bertz CT molecular complexity index is 1340. The van der Waals surface area contributed by atoms with Crippen LogP contribution in [-0.2, 0) is 27.6 Å². The number of ether oxygens (including phenoxy) is 1. The molecule has 2 aromatic heterocycles. The summed E-state index contributed by atoms with van der Waals surface area (Å²) in [5.41, 5.74) is 1.38. The highest BCUT2D eigenvalue weighted by atomic mass is 32.2. The van der Waals surface area contributed by atoms with E-state index in [1.807, 2.05) is 29.3 Å². The van der Waals surface area contributed by atoms with Crippen LogP contribution in [0.15, 0.2) is 40.9 Å². The summed E-state index contributed by atoms with van der Waals surface area (Å²) in [4.78, 5) is 17.2. The molecule has 0 radical (unpaired) electrons. The zero-order valence-corrected chi connectivity index (χ0v) is 20.6. The maximum Gasteiger partial charge on any atom is 0.421 e. The number of halogens is 1. The molecule has 1 aliphatic heterocycles. The molecule has 34 heavy (non-hydrogen) atoms. The summed E-state index contributed by atoms with van der Waals surface area (Å²) >= 11 is 1.10. The standard InChI is InChI=1S/C24H26FN3O4S2/c1-14(2)11-17-13-19(23(33-17)34(30,31)27-24(29)32-16-4-5-16)15-3-6-18(20(25)12-15)21-7-8-22-26-9-10-28(21)22/h3,6,9-10,12-14,16,21H,4-5,7-8,11H2,1-2H3,(H,27,29)/t21-/m0/s1. The first-order chi connectivity index (χ1) is 16.2. The van der Waals surface area contributed by atoms with Crippen molar-refractivity contribution in [3.05, 3.63) is 58.7 Å². The number of carbonyl (C=O) groups excluding carboxylic acids is 1. The van der Waals surface area contributed by atoms with Gasteiger partial charge in [0.25, 0.3) is 10.0 Å². The minimum atomic E-state index is -4.18. The summed E-state index contributed by atoms with van der Waals surface area (Å²) in [6, 6.07) is 6.50. The smallest absolute Gasteiger partial charge is 0.421 e. The molecular weight excluding hydrogens is 477 g/mol. The number of carbonyl (C=O) groups is 1. The van der Waals surface area contributed by atoms with Crippen LogP contribution in [0.5, 0.6) is 0 Å². The van der Waals surface area contributed by atoms with Gasteiger partial charge in [-0.3, -0.25) is 0 Å². The highest BCUT2D eigenvalue weighted by Crippen LogP contribution is 2.39. The number of amides is 1. The molecule has 2 aliphatic rings. The molecule has 5 rings (SSSR count). The maximum atomic E-state index is 15.3. The molecular formula is C24H26FN3O4S2.